The van der Waals surface area contributed by atoms with Gasteiger partial charge in [0, 0.05) is 31.9 Å². The molecule has 1 unspecified atom stereocenters. The summed E-state index contributed by atoms with van der Waals surface area (Å²) in [5.74, 6) is 1.78. The minimum atomic E-state index is -0.199. The van der Waals surface area contributed by atoms with E-state index in [-0.39, 0.29) is 24.5 Å². The van der Waals surface area contributed by atoms with Gasteiger partial charge < -0.3 is 19.3 Å². The summed E-state index contributed by atoms with van der Waals surface area (Å²) in [6, 6.07) is 7.08. The van der Waals surface area contributed by atoms with Crippen molar-refractivity contribution in [3.05, 3.63) is 47.5 Å². The molecule has 2 aliphatic heterocycles. The molecule has 8 nitrogen and oxygen atoms in total. The van der Waals surface area contributed by atoms with Crippen molar-refractivity contribution in [3.63, 3.8) is 0 Å². The molecule has 32 heavy (non-hydrogen) atoms. The number of aryl methyl sites for hydroxylation is 1. The van der Waals surface area contributed by atoms with Crippen molar-refractivity contribution in [1.29, 1.82) is 0 Å². The quantitative estimate of drug-likeness (QED) is 0.660. The van der Waals surface area contributed by atoms with Gasteiger partial charge in [-0.3, -0.25) is 9.59 Å². The van der Waals surface area contributed by atoms with Crippen LogP contribution in [0.5, 0.6) is 11.5 Å². The van der Waals surface area contributed by atoms with Gasteiger partial charge in [0.05, 0.1) is 23.9 Å². The lowest BCUT2D eigenvalue weighted by Crippen LogP contribution is -2.35. The lowest BCUT2D eigenvalue weighted by Gasteiger charge is -2.24. The average Bonchev–Trinajstić information content (AvgIpc) is 3.50. The number of amides is 2. The van der Waals surface area contributed by atoms with E-state index in [0.717, 1.165) is 38.8 Å². The van der Waals surface area contributed by atoms with Crippen LogP contribution < -0.4 is 9.47 Å². The molecule has 2 aliphatic rings. The van der Waals surface area contributed by atoms with Crippen LogP contribution in [0.3, 0.4) is 0 Å². The van der Waals surface area contributed by atoms with Crippen molar-refractivity contribution in [3.8, 4) is 11.5 Å². The van der Waals surface area contributed by atoms with Crippen LogP contribution in [0.25, 0.3) is 0 Å². The van der Waals surface area contributed by atoms with Crippen LogP contribution in [0.15, 0.2) is 30.5 Å². The van der Waals surface area contributed by atoms with Crippen molar-refractivity contribution in [2.75, 3.05) is 32.8 Å². The molecule has 0 saturated carbocycles. The van der Waals surface area contributed by atoms with Crippen molar-refractivity contribution in [1.82, 2.24) is 19.8 Å². The number of rotatable bonds is 7. The van der Waals surface area contributed by atoms with Gasteiger partial charge >= 0.3 is 0 Å². The molecule has 0 N–H and O–H groups in total. The molecular weight excluding hydrogens is 408 g/mol. The van der Waals surface area contributed by atoms with Crippen LogP contribution in [0.1, 0.15) is 60.5 Å². The zero-order chi connectivity index (χ0) is 22.5. The average molecular weight is 439 g/mol. The molecule has 1 aromatic carbocycles. The molecule has 2 aromatic rings. The Kier molecular flexibility index (Phi) is 6.87. The first-order chi connectivity index (χ1) is 15.6. The number of hydrogen-bond acceptors (Lipinski definition) is 6. The molecule has 2 fully saturated rings. The number of carbonyl (C=O) groups is 2. The highest BCUT2D eigenvalue weighted by Crippen LogP contribution is 2.30. The van der Waals surface area contributed by atoms with E-state index in [1.54, 1.807) is 23.2 Å². The number of aromatic nitrogens is 2. The molecule has 0 radical (unpaired) electrons. The maximum absolute atomic E-state index is 12.9. The van der Waals surface area contributed by atoms with Crippen LogP contribution >= 0.6 is 0 Å². The normalized spacial score (nSPS) is 18.1. The Morgan fingerprint density at radius 1 is 1.09 bits per heavy atom. The van der Waals surface area contributed by atoms with E-state index >= 15 is 0 Å². The van der Waals surface area contributed by atoms with Crippen LogP contribution in [-0.4, -0.2) is 64.4 Å². The van der Waals surface area contributed by atoms with E-state index in [2.05, 4.69) is 9.97 Å². The summed E-state index contributed by atoms with van der Waals surface area (Å²) in [6.07, 6.45) is 5.38. The van der Waals surface area contributed by atoms with Crippen molar-refractivity contribution < 1.29 is 19.1 Å². The summed E-state index contributed by atoms with van der Waals surface area (Å²) in [4.78, 5) is 38.4. The van der Waals surface area contributed by atoms with Crippen LogP contribution in [0, 0.1) is 6.92 Å². The Morgan fingerprint density at radius 2 is 1.84 bits per heavy atom. The van der Waals surface area contributed by atoms with Gasteiger partial charge in [0.1, 0.15) is 11.5 Å². The molecule has 3 heterocycles. The number of likely N-dealkylation sites (tertiary alicyclic amines) is 2. The second-order valence-corrected chi connectivity index (χ2v) is 8.17. The van der Waals surface area contributed by atoms with E-state index in [0.29, 0.717) is 41.7 Å². The third-order valence-corrected chi connectivity index (χ3v) is 5.97. The molecule has 0 bridgehead atoms. The Labute approximate surface area is 188 Å². The highest BCUT2D eigenvalue weighted by Gasteiger charge is 2.33. The van der Waals surface area contributed by atoms with Gasteiger partial charge in [-0.25, -0.2) is 9.97 Å². The molecule has 170 valence electrons. The van der Waals surface area contributed by atoms with Crippen molar-refractivity contribution >= 4 is 11.8 Å². The van der Waals surface area contributed by atoms with Gasteiger partial charge in [0.15, 0.2) is 12.4 Å². The molecular formula is C24H30N4O4. The molecule has 0 aliphatic carbocycles. The monoisotopic (exact) mass is 438 g/mol. The zero-order valence-corrected chi connectivity index (χ0v) is 18.7. The lowest BCUT2D eigenvalue weighted by molar-refractivity contribution is -0.134. The van der Waals surface area contributed by atoms with Crippen LogP contribution in [-0.2, 0) is 4.79 Å². The minimum Gasteiger partial charge on any atom is -0.494 e. The second-order valence-electron chi connectivity index (χ2n) is 8.17. The number of ether oxygens (including phenoxy) is 2. The fourth-order valence-corrected chi connectivity index (χ4v) is 4.33. The van der Waals surface area contributed by atoms with E-state index in [9.17, 15) is 9.59 Å². The largest absolute Gasteiger partial charge is 0.494 e. The van der Waals surface area contributed by atoms with Gasteiger partial charge in [0.25, 0.3) is 11.8 Å². The lowest BCUT2D eigenvalue weighted by atomic mass is 10.1. The molecule has 0 spiro atoms. The first-order valence-corrected chi connectivity index (χ1v) is 11.3. The predicted molar refractivity (Wildman–Crippen MR) is 119 cm³/mol. The topological polar surface area (TPSA) is 84.9 Å². The Balaban J connectivity index is 1.41. The van der Waals surface area contributed by atoms with Crippen LogP contribution in [0.2, 0.25) is 0 Å². The van der Waals surface area contributed by atoms with Crippen molar-refractivity contribution in [2.24, 2.45) is 0 Å². The molecule has 8 heteroatoms. The second kappa shape index (κ2) is 9.97. The third-order valence-electron chi connectivity index (χ3n) is 5.97. The van der Waals surface area contributed by atoms with Crippen LogP contribution in [0.4, 0.5) is 0 Å². The summed E-state index contributed by atoms with van der Waals surface area (Å²) in [6.45, 7) is 6.49. The minimum absolute atomic E-state index is 0.00594. The number of benzene rings is 1. The molecule has 1 aromatic heterocycles. The van der Waals surface area contributed by atoms with Gasteiger partial charge in [-0.05, 0) is 51.7 Å². The summed E-state index contributed by atoms with van der Waals surface area (Å²) in [7, 11) is 0. The standard InChI is InChI=1S/C24H30N4O4/c1-3-31-18-8-6-9-19(14-18)32-16-22(29)28-13-7-10-21(28)23-25-15-20(17(2)26-23)24(30)27-11-4-5-12-27/h6,8-9,14-15,21H,3-5,7,10-13,16H2,1-2H3. The molecule has 1 atom stereocenters. The summed E-state index contributed by atoms with van der Waals surface area (Å²) >= 11 is 0. The Hall–Kier alpha value is -3.16. The first-order valence-electron chi connectivity index (χ1n) is 11.3. The molecule has 4 rings (SSSR count). The Morgan fingerprint density at radius 3 is 2.56 bits per heavy atom. The van der Waals surface area contributed by atoms with Gasteiger partial charge in [-0.1, -0.05) is 6.07 Å². The Bertz CT molecular complexity index is 974. The maximum atomic E-state index is 12.9. The highest BCUT2D eigenvalue weighted by atomic mass is 16.5. The fourth-order valence-electron chi connectivity index (χ4n) is 4.33. The van der Waals surface area contributed by atoms with Gasteiger partial charge in [-0.15, -0.1) is 0 Å². The number of carbonyl (C=O) groups excluding carboxylic acids is 2. The summed E-state index contributed by atoms with van der Waals surface area (Å²) in [5, 5.41) is 0. The van der Waals surface area contributed by atoms with Gasteiger partial charge in [0.2, 0.25) is 0 Å². The zero-order valence-electron chi connectivity index (χ0n) is 18.7. The third kappa shape index (κ3) is 4.84. The maximum Gasteiger partial charge on any atom is 0.261 e. The van der Waals surface area contributed by atoms with E-state index < -0.39 is 0 Å². The van der Waals surface area contributed by atoms with E-state index in [1.165, 1.54) is 0 Å². The first kappa shape index (κ1) is 22.0. The predicted octanol–water partition coefficient (Wildman–Crippen LogP) is 3.16. The van der Waals surface area contributed by atoms with E-state index in [1.807, 2.05) is 30.9 Å². The SMILES string of the molecule is CCOc1cccc(OCC(=O)N2CCCC2c2ncc(C(=O)N3CCCC3)c(C)n2)c1. The summed E-state index contributed by atoms with van der Waals surface area (Å²) < 4.78 is 11.2. The molecule has 2 amide bonds. The summed E-state index contributed by atoms with van der Waals surface area (Å²) in [5.41, 5.74) is 1.21. The fraction of sp³-hybridized carbons (Fsp3) is 0.500. The molecule has 2 saturated heterocycles. The number of nitrogens with zero attached hydrogens (tertiary/aromatic N) is 4. The highest BCUT2D eigenvalue weighted by molar-refractivity contribution is 5.95. The van der Waals surface area contributed by atoms with Gasteiger partial charge in [-0.2, -0.15) is 0 Å². The van der Waals surface area contributed by atoms with Crippen molar-refractivity contribution in [2.45, 2.75) is 45.6 Å². The smallest absolute Gasteiger partial charge is 0.261 e. The van der Waals surface area contributed by atoms with E-state index in [4.69, 9.17) is 9.47 Å². The number of hydrogen-bond donors (Lipinski definition) is 0.